The number of benzene rings is 2. The zero-order valence-corrected chi connectivity index (χ0v) is 17.8. The fraction of sp³-hybridized carbons (Fsp3) is 0.480. The number of carbonyl (C=O) groups excluding carboxylic acids is 1. The quantitative estimate of drug-likeness (QED) is 0.764. The third-order valence-electron chi connectivity index (χ3n) is 6.35. The molecule has 0 aromatic heterocycles. The Morgan fingerprint density at radius 3 is 2.73 bits per heavy atom. The summed E-state index contributed by atoms with van der Waals surface area (Å²) in [4.78, 5) is 15.1. The fourth-order valence-electron chi connectivity index (χ4n) is 4.51. The van der Waals surface area contributed by atoms with Crippen molar-refractivity contribution < 1.29 is 14.3 Å². The molecule has 1 saturated heterocycles. The van der Waals surface area contributed by atoms with Crippen molar-refractivity contribution in [2.45, 2.75) is 25.7 Å². The van der Waals surface area contributed by atoms with Crippen LogP contribution in [0.25, 0.3) is 0 Å². The van der Waals surface area contributed by atoms with Gasteiger partial charge in [-0.2, -0.15) is 0 Å². The highest BCUT2D eigenvalue weighted by Crippen LogP contribution is 2.30. The van der Waals surface area contributed by atoms with Gasteiger partial charge in [0.1, 0.15) is 18.1 Å². The molecule has 0 aliphatic carbocycles. The Bertz CT molecular complexity index is 832. The summed E-state index contributed by atoms with van der Waals surface area (Å²) in [5, 5.41) is 3.12. The summed E-state index contributed by atoms with van der Waals surface area (Å²) in [6, 6.07) is 16.6. The molecule has 1 unspecified atom stereocenters. The molecular formula is C25H32N2O3. The molecule has 2 aliphatic heterocycles. The molecule has 2 aromatic carbocycles. The van der Waals surface area contributed by atoms with Gasteiger partial charge in [-0.1, -0.05) is 30.3 Å². The van der Waals surface area contributed by atoms with Crippen LogP contribution in [0.5, 0.6) is 11.5 Å². The van der Waals surface area contributed by atoms with E-state index in [4.69, 9.17) is 9.47 Å². The number of hydrogen-bond donors (Lipinski definition) is 1. The molecule has 2 aliphatic rings. The number of methoxy groups -OCH3 is 1. The normalized spacial score (nSPS) is 19.6. The first-order chi connectivity index (χ1) is 14.7. The van der Waals surface area contributed by atoms with Crippen molar-refractivity contribution in [1.82, 2.24) is 10.2 Å². The lowest BCUT2D eigenvalue weighted by Gasteiger charge is -2.32. The third kappa shape index (κ3) is 5.33. The van der Waals surface area contributed by atoms with Crippen LogP contribution in [0, 0.1) is 11.8 Å². The predicted octanol–water partition coefficient (Wildman–Crippen LogP) is 3.32. The lowest BCUT2D eigenvalue weighted by atomic mass is 9.90. The molecule has 0 radical (unpaired) electrons. The molecule has 2 heterocycles. The van der Waals surface area contributed by atoms with Gasteiger partial charge in [0.2, 0.25) is 5.91 Å². The number of ether oxygens (including phenoxy) is 2. The molecule has 1 amide bonds. The van der Waals surface area contributed by atoms with E-state index in [2.05, 4.69) is 40.5 Å². The molecule has 4 rings (SSSR count). The van der Waals surface area contributed by atoms with E-state index >= 15 is 0 Å². The van der Waals surface area contributed by atoms with Crippen molar-refractivity contribution >= 4 is 5.91 Å². The molecule has 30 heavy (non-hydrogen) atoms. The Hall–Kier alpha value is -2.53. The highest BCUT2D eigenvalue weighted by atomic mass is 16.5. The Kier molecular flexibility index (Phi) is 6.90. The Balaban J connectivity index is 1.17. The van der Waals surface area contributed by atoms with Crippen molar-refractivity contribution in [3.63, 3.8) is 0 Å². The van der Waals surface area contributed by atoms with Gasteiger partial charge in [0.25, 0.3) is 0 Å². The SMILES string of the molecule is COc1ccc2c(c1)CC(C(=O)NCCN1CCC(Cc3ccccc3)CC1)CO2. The van der Waals surface area contributed by atoms with Crippen LogP contribution in [-0.4, -0.2) is 50.7 Å². The van der Waals surface area contributed by atoms with Crippen molar-refractivity contribution in [3.05, 3.63) is 59.7 Å². The number of piperidine rings is 1. The minimum absolute atomic E-state index is 0.0856. The zero-order chi connectivity index (χ0) is 20.8. The molecule has 2 aromatic rings. The molecule has 5 nitrogen and oxygen atoms in total. The van der Waals surface area contributed by atoms with Gasteiger partial charge in [-0.25, -0.2) is 0 Å². The van der Waals surface area contributed by atoms with Crippen molar-refractivity contribution in [1.29, 1.82) is 0 Å². The zero-order valence-electron chi connectivity index (χ0n) is 17.8. The molecule has 0 saturated carbocycles. The lowest BCUT2D eigenvalue weighted by Crippen LogP contribution is -2.43. The molecule has 0 spiro atoms. The van der Waals surface area contributed by atoms with E-state index in [1.165, 1.54) is 24.8 Å². The van der Waals surface area contributed by atoms with Crippen LogP contribution in [-0.2, 0) is 17.6 Å². The lowest BCUT2D eigenvalue weighted by molar-refractivity contribution is -0.126. The number of likely N-dealkylation sites (tertiary alicyclic amines) is 1. The van der Waals surface area contributed by atoms with E-state index < -0.39 is 0 Å². The van der Waals surface area contributed by atoms with Gasteiger partial charge in [0.05, 0.1) is 13.0 Å². The minimum Gasteiger partial charge on any atom is -0.497 e. The van der Waals surface area contributed by atoms with E-state index in [1.54, 1.807) is 7.11 Å². The maximum atomic E-state index is 12.6. The van der Waals surface area contributed by atoms with Crippen LogP contribution in [0.4, 0.5) is 0 Å². The number of nitrogens with zero attached hydrogens (tertiary/aromatic N) is 1. The van der Waals surface area contributed by atoms with Crippen molar-refractivity contribution in [2.24, 2.45) is 11.8 Å². The second kappa shape index (κ2) is 9.98. The average Bonchev–Trinajstić information content (AvgIpc) is 2.80. The van der Waals surface area contributed by atoms with E-state index in [0.29, 0.717) is 19.6 Å². The molecule has 1 atom stereocenters. The third-order valence-corrected chi connectivity index (χ3v) is 6.35. The van der Waals surface area contributed by atoms with E-state index in [9.17, 15) is 4.79 Å². The molecule has 0 bridgehead atoms. The van der Waals surface area contributed by atoms with Crippen molar-refractivity contribution in [2.75, 3.05) is 39.9 Å². The fourth-order valence-corrected chi connectivity index (χ4v) is 4.51. The average molecular weight is 409 g/mol. The van der Waals surface area contributed by atoms with E-state index in [1.807, 2.05) is 18.2 Å². The van der Waals surface area contributed by atoms with Crippen LogP contribution in [0.2, 0.25) is 0 Å². The molecular weight excluding hydrogens is 376 g/mol. The number of carbonyl (C=O) groups is 1. The van der Waals surface area contributed by atoms with Gasteiger partial charge in [-0.15, -0.1) is 0 Å². The van der Waals surface area contributed by atoms with Gasteiger partial charge >= 0.3 is 0 Å². The molecule has 5 heteroatoms. The van der Waals surface area contributed by atoms with Crippen LogP contribution in [0.1, 0.15) is 24.0 Å². The number of fused-ring (bicyclic) bond motifs is 1. The second-order valence-electron chi connectivity index (χ2n) is 8.45. The summed E-state index contributed by atoms with van der Waals surface area (Å²) < 4.78 is 11.1. The van der Waals surface area contributed by atoms with Gasteiger partial charge in [0, 0.05) is 13.1 Å². The van der Waals surface area contributed by atoms with Crippen LogP contribution >= 0.6 is 0 Å². The van der Waals surface area contributed by atoms with Gasteiger partial charge in [0.15, 0.2) is 0 Å². The summed E-state index contributed by atoms with van der Waals surface area (Å²) in [6.07, 6.45) is 4.35. The smallest absolute Gasteiger partial charge is 0.226 e. The van der Waals surface area contributed by atoms with Crippen LogP contribution in [0.15, 0.2) is 48.5 Å². The minimum atomic E-state index is -0.138. The summed E-state index contributed by atoms with van der Waals surface area (Å²) in [7, 11) is 1.65. The highest BCUT2D eigenvalue weighted by Gasteiger charge is 2.26. The first kappa shape index (κ1) is 20.7. The topological polar surface area (TPSA) is 50.8 Å². The summed E-state index contributed by atoms with van der Waals surface area (Å²) in [5.74, 6) is 2.38. The molecule has 1 fully saturated rings. The van der Waals surface area contributed by atoms with E-state index in [0.717, 1.165) is 42.6 Å². The van der Waals surface area contributed by atoms with Crippen molar-refractivity contribution in [3.8, 4) is 11.5 Å². The number of nitrogens with one attached hydrogen (secondary N) is 1. The highest BCUT2D eigenvalue weighted by molar-refractivity contribution is 5.79. The number of amides is 1. The summed E-state index contributed by atoms with van der Waals surface area (Å²) >= 11 is 0. The molecule has 1 N–H and O–H groups in total. The summed E-state index contributed by atoms with van der Waals surface area (Å²) in [6.45, 7) is 4.29. The van der Waals surface area contributed by atoms with E-state index in [-0.39, 0.29) is 11.8 Å². The number of hydrogen-bond acceptors (Lipinski definition) is 4. The first-order valence-electron chi connectivity index (χ1n) is 11.0. The Morgan fingerprint density at radius 1 is 1.17 bits per heavy atom. The maximum Gasteiger partial charge on any atom is 0.226 e. The molecule has 160 valence electrons. The van der Waals surface area contributed by atoms with Crippen LogP contribution < -0.4 is 14.8 Å². The van der Waals surface area contributed by atoms with Gasteiger partial charge < -0.3 is 19.7 Å². The predicted molar refractivity (Wildman–Crippen MR) is 118 cm³/mol. The standard InChI is InChI=1S/C25H32N2O3/c1-29-23-7-8-24-21(17-23)16-22(18-30-24)25(28)26-11-14-27-12-9-20(10-13-27)15-19-5-3-2-4-6-19/h2-8,17,20,22H,9-16,18H2,1H3,(H,26,28). The largest absolute Gasteiger partial charge is 0.497 e. The first-order valence-corrected chi connectivity index (χ1v) is 11.0. The summed E-state index contributed by atoms with van der Waals surface area (Å²) in [5.41, 5.74) is 2.48. The Labute approximate surface area is 179 Å². The van der Waals surface area contributed by atoms with Gasteiger partial charge in [-0.3, -0.25) is 4.79 Å². The maximum absolute atomic E-state index is 12.6. The Morgan fingerprint density at radius 2 is 1.97 bits per heavy atom. The van der Waals surface area contributed by atoms with Crippen LogP contribution in [0.3, 0.4) is 0 Å². The van der Waals surface area contributed by atoms with Gasteiger partial charge in [-0.05, 0) is 74.0 Å². The monoisotopic (exact) mass is 408 g/mol. The number of rotatable bonds is 7. The second-order valence-corrected chi connectivity index (χ2v) is 8.45.